The molecular weight excluding hydrogens is 208 g/mol. The molecular formula is C11H20N2OS. The van der Waals surface area contributed by atoms with Crippen molar-refractivity contribution in [2.75, 3.05) is 25.2 Å². The Morgan fingerprint density at radius 2 is 2.53 bits per heavy atom. The van der Waals surface area contributed by atoms with Crippen molar-refractivity contribution < 1.29 is 4.74 Å². The van der Waals surface area contributed by atoms with Gasteiger partial charge in [-0.05, 0) is 37.7 Å². The molecule has 0 bridgehead atoms. The third-order valence-corrected chi connectivity index (χ3v) is 3.31. The van der Waals surface area contributed by atoms with Gasteiger partial charge in [-0.1, -0.05) is 0 Å². The quantitative estimate of drug-likeness (QED) is 0.675. The molecule has 1 aliphatic rings. The topological polar surface area (TPSA) is 45.0 Å². The summed E-state index contributed by atoms with van der Waals surface area (Å²) >= 11 is 1.84. The van der Waals surface area contributed by atoms with Crippen molar-refractivity contribution in [3.05, 3.63) is 0 Å². The maximum Gasteiger partial charge on any atom is 0.0954 e. The van der Waals surface area contributed by atoms with Gasteiger partial charge < -0.3 is 4.74 Å². The van der Waals surface area contributed by atoms with Gasteiger partial charge in [0.15, 0.2) is 0 Å². The van der Waals surface area contributed by atoms with Crippen molar-refractivity contribution >= 4 is 11.8 Å². The van der Waals surface area contributed by atoms with E-state index in [1.165, 1.54) is 0 Å². The Morgan fingerprint density at radius 3 is 3.13 bits per heavy atom. The molecule has 0 saturated carbocycles. The summed E-state index contributed by atoms with van der Waals surface area (Å²) in [5.74, 6) is 1.14. The Labute approximate surface area is 96.6 Å². The van der Waals surface area contributed by atoms with Gasteiger partial charge in [-0.2, -0.15) is 17.0 Å². The number of rotatable bonds is 7. The molecule has 1 saturated heterocycles. The number of hydrogen-bond donors (Lipinski definition) is 1. The molecule has 86 valence electrons. The summed E-state index contributed by atoms with van der Waals surface area (Å²) < 4.78 is 5.50. The maximum atomic E-state index is 8.94. The van der Waals surface area contributed by atoms with Crippen LogP contribution in [0.3, 0.4) is 0 Å². The highest BCUT2D eigenvalue weighted by molar-refractivity contribution is 7.98. The molecule has 15 heavy (non-hydrogen) atoms. The lowest BCUT2D eigenvalue weighted by molar-refractivity contribution is 0.108. The van der Waals surface area contributed by atoms with E-state index >= 15 is 0 Å². The molecule has 0 aliphatic carbocycles. The zero-order chi connectivity index (χ0) is 10.9. The smallest absolute Gasteiger partial charge is 0.0954 e. The molecule has 1 N–H and O–H groups in total. The normalized spacial score (nSPS) is 22.5. The molecule has 0 spiro atoms. The Balaban J connectivity index is 2.07. The monoisotopic (exact) mass is 228 g/mol. The highest BCUT2D eigenvalue weighted by Crippen LogP contribution is 2.11. The minimum absolute atomic E-state index is 0.00125. The van der Waals surface area contributed by atoms with Crippen molar-refractivity contribution in [1.29, 1.82) is 5.26 Å². The molecule has 1 heterocycles. The second kappa shape index (κ2) is 7.98. The van der Waals surface area contributed by atoms with Crippen LogP contribution in [0.5, 0.6) is 0 Å². The van der Waals surface area contributed by atoms with Crippen molar-refractivity contribution in [2.24, 2.45) is 0 Å². The summed E-state index contributed by atoms with van der Waals surface area (Å²) in [6.07, 6.45) is 6.79. The summed E-state index contributed by atoms with van der Waals surface area (Å²) in [6.45, 7) is 1.72. The number of nitrogens with one attached hydrogen (secondary N) is 1. The van der Waals surface area contributed by atoms with Crippen LogP contribution in [0.25, 0.3) is 0 Å². The largest absolute Gasteiger partial charge is 0.377 e. The van der Waals surface area contributed by atoms with Crippen molar-refractivity contribution in [3.8, 4) is 6.07 Å². The first-order valence-corrected chi connectivity index (χ1v) is 6.99. The van der Waals surface area contributed by atoms with E-state index in [2.05, 4.69) is 17.6 Å². The van der Waals surface area contributed by atoms with E-state index in [9.17, 15) is 0 Å². The number of hydrogen-bond acceptors (Lipinski definition) is 4. The summed E-state index contributed by atoms with van der Waals surface area (Å²) in [5, 5.41) is 12.2. The summed E-state index contributed by atoms with van der Waals surface area (Å²) in [7, 11) is 0. The van der Waals surface area contributed by atoms with Gasteiger partial charge in [0.05, 0.1) is 18.2 Å². The lowest BCUT2D eigenvalue weighted by Crippen LogP contribution is -2.34. The second-order valence-corrected chi connectivity index (χ2v) is 4.85. The van der Waals surface area contributed by atoms with Crippen LogP contribution in [0.1, 0.15) is 25.7 Å². The zero-order valence-electron chi connectivity index (χ0n) is 9.37. The van der Waals surface area contributed by atoms with Crippen LogP contribution in [0.2, 0.25) is 0 Å². The van der Waals surface area contributed by atoms with E-state index in [-0.39, 0.29) is 6.04 Å². The van der Waals surface area contributed by atoms with Gasteiger partial charge in [0, 0.05) is 13.2 Å². The average Bonchev–Trinajstić information content (AvgIpc) is 2.76. The third-order valence-electron chi connectivity index (χ3n) is 2.61. The molecule has 0 amide bonds. The second-order valence-electron chi connectivity index (χ2n) is 3.86. The molecule has 4 heteroatoms. The highest BCUT2D eigenvalue weighted by Gasteiger charge is 2.16. The third kappa shape index (κ3) is 5.41. The van der Waals surface area contributed by atoms with Gasteiger partial charge >= 0.3 is 0 Å². The summed E-state index contributed by atoms with van der Waals surface area (Å²) in [6, 6.07) is 2.31. The van der Waals surface area contributed by atoms with Crippen molar-refractivity contribution in [1.82, 2.24) is 5.32 Å². The molecule has 3 nitrogen and oxygen atoms in total. The molecule has 1 aliphatic heterocycles. The van der Waals surface area contributed by atoms with Crippen LogP contribution in [-0.2, 0) is 4.74 Å². The number of nitriles is 1. The van der Waals surface area contributed by atoms with Gasteiger partial charge in [-0.25, -0.2) is 0 Å². The van der Waals surface area contributed by atoms with Gasteiger partial charge in [0.2, 0.25) is 0 Å². The molecule has 0 aromatic heterocycles. The first-order chi connectivity index (χ1) is 7.36. The molecule has 1 rings (SSSR count). The number of ether oxygens (including phenoxy) is 1. The fraction of sp³-hybridized carbons (Fsp3) is 0.909. The highest BCUT2D eigenvalue weighted by atomic mass is 32.2. The standard InChI is InChI=1S/C11H20N2OS/c1-15-7-3-4-10(8-12)13-9-11-5-2-6-14-11/h10-11,13H,2-7,9H2,1H3. The number of thioether (sulfide) groups is 1. The van der Waals surface area contributed by atoms with E-state index < -0.39 is 0 Å². The SMILES string of the molecule is CSCCCC(C#N)NCC1CCCO1. The predicted molar refractivity (Wildman–Crippen MR) is 64.0 cm³/mol. The van der Waals surface area contributed by atoms with Gasteiger partial charge in [0.1, 0.15) is 0 Å². The molecule has 2 unspecified atom stereocenters. The molecule has 1 fully saturated rings. The van der Waals surface area contributed by atoms with E-state index in [0.29, 0.717) is 6.10 Å². The summed E-state index contributed by atoms with van der Waals surface area (Å²) in [5.41, 5.74) is 0. The van der Waals surface area contributed by atoms with E-state index in [4.69, 9.17) is 10.00 Å². The molecule has 2 atom stereocenters. The molecule has 0 aromatic rings. The maximum absolute atomic E-state index is 8.94. The van der Waals surface area contributed by atoms with Crippen LogP contribution < -0.4 is 5.32 Å². The van der Waals surface area contributed by atoms with E-state index in [0.717, 1.165) is 44.6 Å². The van der Waals surface area contributed by atoms with Crippen molar-refractivity contribution in [2.45, 2.75) is 37.8 Å². The minimum Gasteiger partial charge on any atom is -0.377 e. The van der Waals surface area contributed by atoms with Gasteiger partial charge in [-0.15, -0.1) is 0 Å². The van der Waals surface area contributed by atoms with Crippen LogP contribution in [0.15, 0.2) is 0 Å². The first kappa shape index (κ1) is 12.8. The first-order valence-electron chi connectivity index (χ1n) is 5.60. The molecule has 0 radical (unpaired) electrons. The average molecular weight is 228 g/mol. The lowest BCUT2D eigenvalue weighted by Gasteiger charge is -2.14. The lowest BCUT2D eigenvalue weighted by atomic mass is 10.1. The van der Waals surface area contributed by atoms with Crippen LogP contribution in [0, 0.1) is 11.3 Å². The van der Waals surface area contributed by atoms with Gasteiger partial charge in [-0.3, -0.25) is 5.32 Å². The van der Waals surface area contributed by atoms with Crippen LogP contribution in [0.4, 0.5) is 0 Å². The minimum atomic E-state index is 0.00125. The summed E-state index contributed by atoms with van der Waals surface area (Å²) in [4.78, 5) is 0. The fourth-order valence-corrected chi connectivity index (χ4v) is 2.18. The van der Waals surface area contributed by atoms with E-state index in [1.807, 2.05) is 11.8 Å². The molecule has 0 aromatic carbocycles. The Morgan fingerprint density at radius 1 is 1.67 bits per heavy atom. The number of nitrogens with zero attached hydrogens (tertiary/aromatic N) is 1. The van der Waals surface area contributed by atoms with Crippen LogP contribution in [-0.4, -0.2) is 37.3 Å². The van der Waals surface area contributed by atoms with Crippen LogP contribution >= 0.6 is 11.8 Å². The van der Waals surface area contributed by atoms with Gasteiger partial charge in [0.25, 0.3) is 0 Å². The Bertz CT molecular complexity index is 199. The fourth-order valence-electron chi connectivity index (χ4n) is 1.72. The van der Waals surface area contributed by atoms with E-state index in [1.54, 1.807) is 0 Å². The Kier molecular flexibility index (Phi) is 6.82. The Hall–Kier alpha value is -0.240. The zero-order valence-corrected chi connectivity index (χ0v) is 10.2. The van der Waals surface area contributed by atoms with Crippen molar-refractivity contribution in [3.63, 3.8) is 0 Å². The predicted octanol–water partition coefficient (Wildman–Crippen LogP) is 1.79.